The van der Waals surface area contributed by atoms with Gasteiger partial charge in [-0.1, -0.05) is 13.8 Å². The van der Waals surface area contributed by atoms with Crippen LogP contribution in [0.1, 0.15) is 20.3 Å². The monoisotopic (exact) mass is 258 g/mol. The molecule has 6 heteroatoms. The van der Waals surface area contributed by atoms with E-state index >= 15 is 0 Å². The van der Waals surface area contributed by atoms with E-state index in [0.717, 1.165) is 0 Å². The van der Waals surface area contributed by atoms with E-state index in [1.165, 1.54) is 4.90 Å². The number of carbonyl (C=O) groups excluding carboxylic acids is 1. The Kier molecular flexibility index (Phi) is 5.40. The normalized spacial score (nSPS) is 17.7. The van der Waals surface area contributed by atoms with Crippen LogP contribution in [0.3, 0.4) is 0 Å². The van der Waals surface area contributed by atoms with Gasteiger partial charge < -0.3 is 19.6 Å². The van der Waals surface area contributed by atoms with Crippen molar-refractivity contribution in [3.05, 3.63) is 0 Å². The van der Waals surface area contributed by atoms with Crippen molar-refractivity contribution < 1.29 is 19.4 Å². The summed E-state index contributed by atoms with van der Waals surface area (Å²) in [6.45, 7) is 5.98. The first kappa shape index (κ1) is 14.8. The van der Waals surface area contributed by atoms with Crippen LogP contribution < -0.4 is 0 Å². The van der Waals surface area contributed by atoms with Crippen LogP contribution in [0.15, 0.2) is 0 Å². The van der Waals surface area contributed by atoms with Crippen LogP contribution in [0.25, 0.3) is 0 Å². The Hall–Kier alpha value is -1.30. The first-order valence-electron chi connectivity index (χ1n) is 6.25. The molecule has 1 heterocycles. The standard InChI is InChI=1S/C12H22N2O4/c1-9(2)8-10(11(15)16)13(3)12(17)14-4-6-18-7-5-14/h9-10H,4-8H2,1-3H3,(H,15,16)/t10-/m0/s1. The predicted molar refractivity (Wildman–Crippen MR) is 66.4 cm³/mol. The Bertz CT molecular complexity index is 300. The summed E-state index contributed by atoms with van der Waals surface area (Å²) in [6.07, 6.45) is 0.460. The van der Waals surface area contributed by atoms with Gasteiger partial charge in [-0.05, 0) is 12.3 Å². The van der Waals surface area contributed by atoms with E-state index in [1.54, 1.807) is 11.9 Å². The second-order valence-electron chi connectivity index (χ2n) is 4.98. The molecule has 1 atom stereocenters. The molecule has 0 aromatic rings. The van der Waals surface area contributed by atoms with Crippen molar-refractivity contribution >= 4 is 12.0 Å². The van der Waals surface area contributed by atoms with Crippen LogP contribution in [0.5, 0.6) is 0 Å². The lowest BCUT2D eigenvalue weighted by molar-refractivity contribution is -0.142. The average Bonchev–Trinajstić information content (AvgIpc) is 2.34. The van der Waals surface area contributed by atoms with E-state index in [2.05, 4.69) is 0 Å². The maximum absolute atomic E-state index is 12.2. The molecule has 1 rings (SSSR count). The molecule has 6 nitrogen and oxygen atoms in total. The van der Waals surface area contributed by atoms with Gasteiger partial charge in [0.25, 0.3) is 0 Å². The second kappa shape index (κ2) is 6.58. The number of hydrogen-bond donors (Lipinski definition) is 1. The van der Waals surface area contributed by atoms with E-state index in [9.17, 15) is 14.7 Å². The quantitative estimate of drug-likeness (QED) is 0.812. The van der Waals surface area contributed by atoms with Gasteiger partial charge in [0.15, 0.2) is 0 Å². The Morgan fingerprint density at radius 3 is 2.33 bits per heavy atom. The summed E-state index contributed by atoms with van der Waals surface area (Å²) in [5.41, 5.74) is 0. The van der Waals surface area contributed by atoms with Crippen LogP contribution in [-0.4, -0.2) is 66.3 Å². The van der Waals surface area contributed by atoms with Crippen molar-refractivity contribution in [2.75, 3.05) is 33.4 Å². The molecular formula is C12H22N2O4. The van der Waals surface area contributed by atoms with E-state index in [4.69, 9.17) is 4.74 Å². The Balaban J connectivity index is 2.65. The molecule has 0 aliphatic carbocycles. The van der Waals surface area contributed by atoms with E-state index in [1.807, 2.05) is 13.8 Å². The molecule has 0 spiro atoms. The summed E-state index contributed by atoms with van der Waals surface area (Å²) in [6, 6.07) is -0.994. The van der Waals surface area contributed by atoms with E-state index in [0.29, 0.717) is 32.7 Å². The molecule has 2 amide bonds. The Labute approximate surface area is 107 Å². The molecule has 0 aromatic carbocycles. The molecule has 1 aliphatic heterocycles. The van der Waals surface area contributed by atoms with Gasteiger partial charge in [-0.15, -0.1) is 0 Å². The minimum atomic E-state index is -0.951. The lowest BCUT2D eigenvalue weighted by atomic mass is 10.0. The first-order chi connectivity index (χ1) is 8.43. The summed E-state index contributed by atoms with van der Waals surface area (Å²) >= 11 is 0. The van der Waals surface area contributed by atoms with Crippen LogP contribution in [0, 0.1) is 5.92 Å². The molecule has 0 aromatic heterocycles. The predicted octanol–water partition coefficient (Wildman–Crippen LogP) is 0.870. The van der Waals surface area contributed by atoms with Gasteiger partial charge in [-0.3, -0.25) is 0 Å². The fraction of sp³-hybridized carbons (Fsp3) is 0.833. The third-order valence-electron chi connectivity index (χ3n) is 3.03. The highest BCUT2D eigenvalue weighted by Gasteiger charge is 2.30. The number of ether oxygens (including phenoxy) is 1. The number of nitrogens with zero attached hydrogens (tertiary/aromatic N) is 2. The number of morpholine rings is 1. The molecule has 0 bridgehead atoms. The topological polar surface area (TPSA) is 70.1 Å². The first-order valence-corrected chi connectivity index (χ1v) is 6.25. The third-order valence-corrected chi connectivity index (χ3v) is 3.03. The summed E-state index contributed by atoms with van der Waals surface area (Å²) < 4.78 is 5.17. The summed E-state index contributed by atoms with van der Waals surface area (Å²) in [4.78, 5) is 26.4. The molecule has 1 N–H and O–H groups in total. The summed E-state index contributed by atoms with van der Waals surface area (Å²) in [7, 11) is 1.55. The van der Waals surface area contributed by atoms with Gasteiger partial charge in [0.05, 0.1) is 13.2 Å². The number of carboxylic acids is 1. The highest BCUT2D eigenvalue weighted by Crippen LogP contribution is 2.13. The van der Waals surface area contributed by atoms with Crippen molar-refractivity contribution in [2.24, 2.45) is 5.92 Å². The van der Waals surface area contributed by atoms with Gasteiger partial charge in [-0.2, -0.15) is 0 Å². The molecule has 18 heavy (non-hydrogen) atoms. The van der Waals surface area contributed by atoms with Crippen molar-refractivity contribution in [1.82, 2.24) is 9.80 Å². The van der Waals surface area contributed by atoms with Gasteiger partial charge in [0.1, 0.15) is 6.04 Å². The second-order valence-corrected chi connectivity index (χ2v) is 4.98. The van der Waals surface area contributed by atoms with Crippen molar-refractivity contribution in [1.29, 1.82) is 0 Å². The number of hydrogen-bond acceptors (Lipinski definition) is 3. The smallest absolute Gasteiger partial charge is 0.326 e. The van der Waals surface area contributed by atoms with Gasteiger partial charge in [0, 0.05) is 20.1 Å². The van der Waals surface area contributed by atoms with Crippen LogP contribution in [-0.2, 0) is 9.53 Å². The number of amides is 2. The van der Waals surface area contributed by atoms with Gasteiger partial charge in [-0.25, -0.2) is 9.59 Å². The van der Waals surface area contributed by atoms with Crippen molar-refractivity contribution in [2.45, 2.75) is 26.3 Å². The zero-order chi connectivity index (χ0) is 13.7. The van der Waals surface area contributed by atoms with Gasteiger partial charge >= 0.3 is 12.0 Å². The summed E-state index contributed by atoms with van der Waals surface area (Å²) in [5, 5.41) is 9.20. The molecule has 104 valence electrons. The maximum Gasteiger partial charge on any atom is 0.326 e. The minimum absolute atomic E-state index is 0.228. The van der Waals surface area contributed by atoms with Crippen molar-refractivity contribution in [3.8, 4) is 0 Å². The van der Waals surface area contributed by atoms with Crippen molar-refractivity contribution in [3.63, 3.8) is 0 Å². The Morgan fingerprint density at radius 1 is 1.33 bits per heavy atom. The molecule has 1 aliphatic rings. The number of carboxylic acid groups (broad SMARTS) is 1. The molecule has 0 saturated carbocycles. The number of carbonyl (C=O) groups is 2. The fourth-order valence-corrected chi connectivity index (χ4v) is 1.98. The van der Waals surface area contributed by atoms with E-state index < -0.39 is 12.0 Å². The average molecular weight is 258 g/mol. The lowest BCUT2D eigenvalue weighted by Gasteiger charge is -2.34. The molecule has 1 saturated heterocycles. The number of urea groups is 1. The largest absolute Gasteiger partial charge is 0.480 e. The zero-order valence-corrected chi connectivity index (χ0v) is 11.3. The third kappa shape index (κ3) is 3.87. The highest BCUT2D eigenvalue weighted by molar-refractivity contribution is 5.82. The Morgan fingerprint density at radius 2 is 1.89 bits per heavy atom. The number of aliphatic carboxylic acids is 1. The number of likely N-dealkylation sites (N-methyl/N-ethyl adjacent to an activating group) is 1. The highest BCUT2D eigenvalue weighted by atomic mass is 16.5. The van der Waals surface area contributed by atoms with Crippen LogP contribution >= 0.6 is 0 Å². The lowest BCUT2D eigenvalue weighted by Crippen LogP contribution is -2.52. The van der Waals surface area contributed by atoms with Gasteiger partial charge in [0.2, 0.25) is 0 Å². The molecule has 0 unspecified atom stereocenters. The maximum atomic E-state index is 12.2. The molecule has 1 fully saturated rings. The molecule has 0 radical (unpaired) electrons. The number of rotatable bonds is 4. The van der Waals surface area contributed by atoms with Crippen LogP contribution in [0.4, 0.5) is 4.79 Å². The SMILES string of the molecule is CC(C)C[C@@H](C(=O)O)N(C)C(=O)N1CCOCC1. The minimum Gasteiger partial charge on any atom is -0.480 e. The van der Waals surface area contributed by atoms with Crippen LogP contribution in [0.2, 0.25) is 0 Å². The van der Waals surface area contributed by atoms with E-state index in [-0.39, 0.29) is 11.9 Å². The zero-order valence-electron chi connectivity index (χ0n) is 11.3. The summed E-state index contributed by atoms with van der Waals surface area (Å²) in [5.74, 6) is -0.723. The molecular weight excluding hydrogens is 236 g/mol. The fourth-order valence-electron chi connectivity index (χ4n) is 1.98.